The van der Waals surface area contributed by atoms with Crippen molar-refractivity contribution in [2.75, 3.05) is 13.7 Å². The van der Waals surface area contributed by atoms with Crippen LogP contribution in [-0.2, 0) is 14.3 Å². The van der Waals surface area contributed by atoms with E-state index in [0.29, 0.717) is 17.4 Å². The fourth-order valence-electron chi connectivity index (χ4n) is 1.26. The van der Waals surface area contributed by atoms with Crippen LogP contribution < -0.4 is 0 Å². The average Bonchev–Trinajstić information content (AvgIpc) is 2.36. The molecule has 1 rings (SSSR count). The van der Waals surface area contributed by atoms with Crippen LogP contribution in [0.3, 0.4) is 0 Å². The van der Waals surface area contributed by atoms with Gasteiger partial charge >= 0.3 is 5.97 Å². The topological polar surface area (TPSA) is 35.5 Å². The van der Waals surface area contributed by atoms with Gasteiger partial charge in [-0.15, -0.1) is 0 Å². The summed E-state index contributed by atoms with van der Waals surface area (Å²) in [6, 6.07) is 7.40. The average molecular weight is 267 g/mol. The summed E-state index contributed by atoms with van der Waals surface area (Å²) < 4.78 is 9.85. The molecule has 3 nitrogen and oxygen atoms in total. The van der Waals surface area contributed by atoms with Gasteiger partial charge in [0.05, 0.1) is 19.8 Å². The molecule has 0 saturated carbocycles. The van der Waals surface area contributed by atoms with Crippen LogP contribution in [0.15, 0.2) is 42.2 Å². The van der Waals surface area contributed by atoms with E-state index in [4.69, 9.17) is 21.1 Å². The smallest absolute Gasteiger partial charge is 0.334 e. The van der Waals surface area contributed by atoms with Crippen molar-refractivity contribution in [2.24, 2.45) is 0 Å². The Morgan fingerprint density at radius 2 is 2.11 bits per heavy atom. The summed E-state index contributed by atoms with van der Waals surface area (Å²) in [5.41, 5.74) is 0.853. The Morgan fingerprint density at radius 3 is 2.72 bits per heavy atom. The maximum atomic E-state index is 11.3. The molecule has 0 heterocycles. The first-order chi connectivity index (χ1) is 8.67. The molecular weight excluding hydrogens is 252 g/mol. The molecular formula is C14H15ClO3. The molecule has 96 valence electrons. The van der Waals surface area contributed by atoms with Gasteiger partial charge in [0.25, 0.3) is 0 Å². The highest BCUT2D eigenvalue weighted by molar-refractivity contribution is 6.32. The van der Waals surface area contributed by atoms with Crippen molar-refractivity contribution in [3.63, 3.8) is 0 Å². The van der Waals surface area contributed by atoms with E-state index >= 15 is 0 Å². The Balaban J connectivity index is 2.80. The van der Waals surface area contributed by atoms with Crippen LogP contribution in [0.2, 0.25) is 5.02 Å². The first kappa shape index (κ1) is 14.3. The second-order valence-corrected chi connectivity index (χ2v) is 3.76. The summed E-state index contributed by atoms with van der Waals surface area (Å²) in [6.07, 6.45) is 4.73. The molecule has 0 aliphatic carbocycles. The van der Waals surface area contributed by atoms with Gasteiger partial charge in [-0.25, -0.2) is 4.79 Å². The monoisotopic (exact) mass is 266 g/mol. The number of carbonyl (C=O) groups excluding carboxylic acids is 1. The molecule has 0 fully saturated rings. The van der Waals surface area contributed by atoms with E-state index in [9.17, 15) is 4.79 Å². The third kappa shape index (κ3) is 4.63. The number of esters is 1. The van der Waals surface area contributed by atoms with Crippen LogP contribution in [0.5, 0.6) is 0 Å². The zero-order valence-corrected chi connectivity index (χ0v) is 11.1. The molecule has 0 radical (unpaired) electrons. The van der Waals surface area contributed by atoms with Crippen molar-refractivity contribution in [3.8, 4) is 0 Å². The highest BCUT2D eigenvalue weighted by Crippen LogP contribution is 2.17. The molecule has 0 spiro atoms. The molecule has 0 aromatic heterocycles. The summed E-state index contributed by atoms with van der Waals surface area (Å²) in [6.45, 7) is 2.08. The molecule has 4 heteroatoms. The number of methoxy groups -OCH3 is 1. The van der Waals surface area contributed by atoms with Crippen molar-refractivity contribution < 1.29 is 14.3 Å². The maximum Gasteiger partial charge on any atom is 0.334 e. The fraction of sp³-hybridized carbons (Fsp3) is 0.214. The lowest BCUT2D eigenvalue weighted by molar-refractivity contribution is -0.137. The van der Waals surface area contributed by atoms with Crippen LogP contribution in [-0.4, -0.2) is 19.7 Å². The summed E-state index contributed by atoms with van der Waals surface area (Å²) in [5, 5.41) is 0.639. The number of rotatable bonds is 5. The second-order valence-electron chi connectivity index (χ2n) is 3.36. The predicted octanol–water partition coefficient (Wildman–Crippen LogP) is 3.45. The molecule has 18 heavy (non-hydrogen) atoms. The highest BCUT2D eigenvalue weighted by Gasteiger charge is 2.00. The van der Waals surface area contributed by atoms with E-state index in [1.165, 1.54) is 13.2 Å². The molecule has 0 bridgehead atoms. The van der Waals surface area contributed by atoms with Crippen molar-refractivity contribution in [3.05, 3.63) is 52.8 Å². The minimum atomic E-state index is -0.432. The summed E-state index contributed by atoms with van der Waals surface area (Å²) in [7, 11) is 1.49. The fourth-order valence-corrected chi connectivity index (χ4v) is 1.46. The quantitative estimate of drug-likeness (QED) is 0.354. The van der Waals surface area contributed by atoms with E-state index in [2.05, 4.69) is 0 Å². The minimum Gasteiger partial charge on any atom is -0.496 e. The Bertz CT molecular complexity index is 464. The Labute approximate surface area is 112 Å². The lowest BCUT2D eigenvalue weighted by Crippen LogP contribution is -2.01. The largest absolute Gasteiger partial charge is 0.496 e. The lowest BCUT2D eigenvalue weighted by Gasteiger charge is -2.01. The van der Waals surface area contributed by atoms with E-state index in [0.717, 1.165) is 5.56 Å². The number of benzene rings is 1. The SMILES string of the molecule is CCOC(=O)/C=C(\C=C\c1ccccc1Cl)OC. The van der Waals surface area contributed by atoms with Crippen molar-refractivity contribution in [2.45, 2.75) is 6.92 Å². The Hall–Kier alpha value is -1.74. The van der Waals surface area contributed by atoms with Crippen molar-refractivity contribution in [1.29, 1.82) is 0 Å². The summed E-state index contributed by atoms with van der Waals surface area (Å²) in [5.74, 6) is -0.0217. The molecule has 0 atom stereocenters. The van der Waals surface area contributed by atoms with Gasteiger partial charge in [-0.05, 0) is 30.7 Å². The zero-order valence-electron chi connectivity index (χ0n) is 10.4. The predicted molar refractivity (Wildman–Crippen MR) is 72.2 cm³/mol. The molecule has 0 aliphatic heterocycles. The van der Waals surface area contributed by atoms with E-state index in [1.54, 1.807) is 25.1 Å². The van der Waals surface area contributed by atoms with Gasteiger partial charge < -0.3 is 9.47 Å². The van der Waals surface area contributed by atoms with Crippen LogP contribution in [0.25, 0.3) is 6.08 Å². The van der Waals surface area contributed by atoms with Crippen molar-refractivity contribution >= 4 is 23.6 Å². The molecule has 0 aliphatic rings. The maximum absolute atomic E-state index is 11.3. The number of carbonyl (C=O) groups is 1. The number of hydrogen-bond acceptors (Lipinski definition) is 3. The first-order valence-corrected chi connectivity index (χ1v) is 5.90. The van der Waals surface area contributed by atoms with Crippen LogP contribution >= 0.6 is 11.6 Å². The van der Waals surface area contributed by atoms with E-state index < -0.39 is 5.97 Å². The number of hydrogen-bond donors (Lipinski definition) is 0. The standard InChI is InChI=1S/C14H15ClO3/c1-3-18-14(16)10-12(17-2)9-8-11-6-4-5-7-13(11)15/h4-10H,3H2,1-2H3/b9-8+,12-10+. The van der Waals surface area contributed by atoms with E-state index in [1.807, 2.05) is 18.2 Å². The van der Waals surface area contributed by atoms with Crippen LogP contribution in [0.4, 0.5) is 0 Å². The van der Waals surface area contributed by atoms with Gasteiger partial charge in [0.2, 0.25) is 0 Å². The minimum absolute atomic E-state index is 0.334. The van der Waals surface area contributed by atoms with Crippen LogP contribution in [0, 0.1) is 0 Å². The molecule has 0 saturated heterocycles. The Morgan fingerprint density at radius 1 is 1.39 bits per heavy atom. The highest BCUT2D eigenvalue weighted by atomic mass is 35.5. The third-order valence-electron chi connectivity index (χ3n) is 2.11. The zero-order chi connectivity index (χ0) is 13.4. The molecule has 0 N–H and O–H groups in total. The first-order valence-electron chi connectivity index (χ1n) is 5.52. The van der Waals surface area contributed by atoms with Gasteiger partial charge in [-0.2, -0.15) is 0 Å². The third-order valence-corrected chi connectivity index (χ3v) is 2.46. The van der Waals surface area contributed by atoms with Crippen LogP contribution in [0.1, 0.15) is 12.5 Å². The summed E-state index contributed by atoms with van der Waals surface area (Å²) >= 11 is 6.00. The van der Waals surface area contributed by atoms with Gasteiger partial charge in [0, 0.05) is 5.02 Å². The lowest BCUT2D eigenvalue weighted by atomic mass is 10.2. The van der Waals surface area contributed by atoms with Gasteiger partial charge in [0.1, 0.15) is 5.76 Å². The van der Waals surface area contributed by atoms with Gasteiger partial charge in [-0.3, -0.25) is 0 Å². The molecule has 1 aromatic carbocycles. The normalized spacial score (nSPS) is 11.6. The molecule has 0 amide bonds. The van der Waals surface area contributed by atoms with E-state index in [-0.39, 0.29) is 0 Å². The summed E-state index contributed by atoms with van der Waals surface area (Å²) in [4.78, 5) is 11.3. The second kappa shape index (κ2) is 7.56. The number of allylic oxidation sites excluding steroid dienone is 1. The Kier molecular flexibility index (Phi) is 6.01. The number of halogens is 1. The number of ether oxygens (including phenoxy) is 2. The van der Waals surface area contributed by atoms with Gasteiger partial charge in [0.15, 0.2) is 0 Å². The molecule has 0 unspecified atom stereocenters. The molecule has 1 aromatic rings. The van der Waals surface area contributed by atoms with Gasteiger partial charge in [-0.1, -0.05) is 29.8 Å². The van der Waals surface area contributed by atoms with Crippen molar-refractivity contribution in [1.82, 2.24) is 0 Å².